The molecule has 140 valence electrons. The van der Waals surface area contributed by atoms with Crippen LogP contribution in [0, 0.1) is 11.7 Å². The molecule has 1 saturated carbocycles. The molecule has 2 atom stereocenters. The van der Waals surface area contributed by atoms with Crippen LogP contribution in [0.4, 0.5) is 4.39 Å². The second kappa shape index (κ2) is 6.63. The largest absolute Gasteiger partial charge is 0.361 e. The van der Waals surface area contributed by atoms with E-state index in [-0.39, 0.29) is 30.0 Å². The minimum absolute atomic E-state index is 0.00860. The molecule has 0 spiro atoms. The third-order valence-electron chi connectivity index (χ3n) is 5.90. The number of rotatable bonds is 4. The Morgan fingerprint density at radius 2 is 2.00 bits per heavy atom. The van der Waals surface area contributed by atoms with E-state index in [0.717, 1.165) is 24.0 Å². The lowest BCUT2D eigenvalue weighted by molar-refractivity contribution is -0.132. The van der Waals surface area contributed by atoms with Crippen LogP contribution in [-0.4, -0.2) is 46.8 Å². The van der Waals surface area contributed by atoms with E-state index in [1.165, 1.54) is 6.07 Å². The molecule has 3 aliphatic rings. The van der Waals surface area contributed by atoms with Crippen molar-refractivity contribution in [2.45, 2.75) is 50.4 Å². The molecule has 26 heavy (non-hydrogen) atoms. The first-order chi connectivity index (χ1) is 12.5. The Labute approximate surface area is 151 Å². The number of hydrogen-bond acceptors (Lipinski definition) is 4. The van der Waals surface area contributed by atoms with Crippen LogP contribution in [0.3, 0.4) is 0 Å². The van der Waals surface area contributed by atoms with E-state index in [9.17, 15) is 19.1 Å². The molecule has 1 aromatic rings. The summed E-state index contributed by atoms with van der Waals surface area (Å²) in [5.41, 5.74) is 1.23. The second-order valence-electron chi connectivity index (χ2n) is 7.56. The van der Waals surface area contributed by atoms with Crippen molar-refractivity contribution in [2.24, 2.45) is 5.92 Å². The molecule has 6 nitrogen and oxygen atoms in total. The van der Waals surface area contributed by atoms with E-state index in [2.05, 4.69) is 10.6 Å². The zero-order valence-electron chi connectivity index (χ0n) is 14.6. The molecular formula is C19H24FN3O3. The number of fused-ring (bicyclic) bond motifs is 1. The number of carbonyl (C=O) groups is 2. The van der Waals surface area contributed by atoms with Crippen LogP contribution >= 0.6 is 0 Å². The van der Waals surface area contributed by atoms with Crippen molar-refractivity contribution in [1.29, 1.82) is 0 Å². The lowest BCUT2D eigenvalue weighted by Crippen LogP contribution is -2.50. The first-order valence-electron chi connectivity index (χ1n) is 9.30. The highest BCUT2D eigenvalue weighted by atomic mass is 19.1. The Bertz CT molecular complexity index is 737. The molecule has 3 N–H and O–H groups in total. The van der Waals surface area contributed by atoms with E-state index < -0.39 is 11.9 Å². The van der Waals surface area contributed by atoms with Gasteiger partial charge in [-0.25, -0.2) is 4.39 Å². The SMILES string of the molecule is O=C(CC[C@@]1(C2CC2)NC(O)NC1=O)N1CCc2ccc(F)cc2CC1. The van der Waals surface area contributed by atoms with Crippen LogP contribution in [-0.2, 0) is 22.4 Å². The average Bonchev–Trinajstić information content (AvgIpc) is 3.42. The van der Waals surface area contributed by atoms with Gasteiger partial charge in [-0.2, -0.15) is 0 Å². The van der Waals surface area contributed by atoms with Gasteiger partial charge in [0.25, 0.3) is 0 Å². The highest BCUT2D eigenvalue weighted by Gasteiger charge is 2.55. The minimum atomic E-state index is -1.04. The molecular weight excluding hydrogens is 337 g/mol. The van der Waals surface area contributed by atoms with Crippen molar-refractivity contribution < 1.29 is 19.1 Å². The van der Waals surface area contributed by atoms with Gasteiger partial charge in [-0.15, -0.1) is 0 Å². The fourth-order valence-electron chi connectivity index (χ4n) is 4.27. The van der Waals surface area contributed by atoms with Crippen molar-refractivity contribution in [3.05, 3.63) is 35.1 Å². The zero-order valence-corrected chi connectivity index (χ0v) is 14.6. The smallest absolute Gasteiger partial charge is 0.243 e. The van der Waals surface area contributed by atoms with E-state index in [1.807, 2.05) is 4.90 Å². The Morgan fingerprint density at radius 3 is 2.65 bits per heavy atom. The summed E-state index contributed by atoms with van der Waals surface area (Å²) in [6.45, 7) is 1.17. The van der Waals surface area contributed by atoms with Crippen molar-refractivity contribution in [3.8, 4) is 0 Å². The third kappa shape index (κ3) is 3.21. The molecule has 1 aliphatic carbocycles. The summed E-state index contributed by atoms with van der Waals surface area (Å²) in [7, 11) is 0. The first-order valence-corrected chi connectivity index (χ1v) is 9.30. The number of nitrogens with one attached hydrogen (secondary N) is 2. The van der Waals surface area contributed by atoms with E-state index >= 15 is 0 Å². The van der Waals surface area contributed by atoms with Crippen LogP contribution in [0.2, 0.25) is 0 Å². The number of hydrogen-bond donors (Lipinski definition) is 3. The van der Waals surface area contributed by atoms with Gasteiger partial charge in [-0.1, -0.05) is 6.07 Å². The van der Waals surface area contributed by atoms with Gasteiger partial charge in [0, 0.05) is 19.5 Å². The highest BCUT2D eigenvalue weighted by Crippen LogP contribution is 2.44. The molecule has 2 amide bonds. The lowest BCUT2D eigenvalue weighted by Gasteiger charge is -2.28. The standard InChI is InChI=1S/C19H24FN3O3/c20-15-4-1-12-6-9-23(10-7-13(12)11-15)16(24)5-8-19(14-2-3-14)17(25)21-18(26)22-19/h1,4,11,14,18,22,26H,2-3,5-10H2,(H,21,25)/t18?,19-/m0/s1. The molecule has 2 fully saturated rings. The van der Waals surface area contributed by atoms with Gasteiger partial charge >= 0.3 is 0 Å². The predicted molar refractivity (Wildman–Crippen MR) is 92.4 cm³/mol. The van der Waals surface area contributed by atoms with Crippen LogP contribution in [0.5, 0.6) is 0 Å². The van der Waals surface area contributed by atoms with Crippen LogP contribution in [0.1, 0.15) is 36.8 Å². The summed E-state index contributed by atoms with van der Waals surface area (Å²) < 4.78 is 13.4. The summed E-state index contributed by atoms with van der Waals surface area (Å²) >= 11 is 0. The Morgan fingerprint density at radius 1 is 1.27 bits per heavy atom. The van der Waals surface area contributed by atoms with E-state index in [0.29, 0.717) is 32.4 Å². The van der Waals surface area contributed by atoms with E-state index in [4.69, 9.17) is 0 Å². The molecule has 2 heterocycles. The molecule has 0 radical (unpaired) electrons. The van der Waals surface area contributed by atoms with Gasteiger partial charge in [0.05, 0.1) is 0 Å². The fraction of sp³-hybridized carbons (Fsp3) is 0.579. The van der Waals surface area contributed by atoms with E-state index in [1.54, 1.807) is 12.1 Å². The number of nitrogens with zero attached hydrogens (tertiary/aromatic N) is 1. The Hall–Kier alpha value is -1.99. The van der Waals surface area contributed by atoms with Gasteiger partial charge in [0.2, 0.25) is 11.8 Å². The van der Waals surface area contributed by atoms with Crippen molar-refractivity contribution >= 4 is 11.8 Å². The summed E-state index contributed by atoms with van der Waals surface area (Å²) in [6, 6.07) is 4.82. The maximum Gasteiger partial charge on any atom is 0.243 e. The number of carbonyl (C=O) groups excluding carboxylic acids is 2. The Balaban J connectivity index is 1.39. The molecule has 0 bridgehead atoms. The monoisotopic (exact) mass is 361 g/mol. The fourth-order valence-corrected chi connectivity index (χ4v) is 4.27. The molecule has 7 heteroatoms. The van der Waals surface area contributed by atoms with Crippen LogP contribution in [0.25, 0.3) is 0 Å². The maximum absolute atomic E-state index is 13.4. The topological polar surface area (TPSA) is 81.7 Å². The summed E-state index contributed by atoms with van der Waals surface area (Å²) in [4.78, 5) is 26.9. The first kappa shape index (κ1) is 17.4. The summed E-state index contributed by atoms with van der Waals surface area (Å²) in [6.07, 6.45) is 2.83. The molecule has 1 unspecified atom stereocenters. The lowest BCUT2D eigenvalue weighted by atomic mass is 9.87. The molecule has 2 aliphatic heterocycles. The molecule has 1 aromatic carbocycles. The third-order valence-corrected chi connectivity index (χ3v) is 5.90. The van der Waals surface area contributed by atoms with Crippen molar-refractivity contribution in [2.75, 3.05) is 13.1 Å². The number of aliphatic hydroxyl groups excluding tert-OH is 1. The summed E-state index contributed by atoms with van der Waals surface area (Å²) in [5, 5.41) is 15.2. The van der Waals surface area contributed by atoms with Crippen molar-refractivity contribution in [3.63, 3.8) is 0 Å². The number of aliphatic hydroxyl groups is 1. The van der Waals surface area contributed by atoms with Gasteiger partial charge in [-0.3, -0.25) is 14.9 Å². The average molecular weight is 361 g/mol. The quantitative estimate of drug-likeness (QED) is 0.737. The van der Waals surface area contributed by atoms with Crippen molar-refractivity contribution in [1.82, 2.24) is 15.5 Å². The predicted octanol–water partition coefficient (Wildman–Crippen LogP) is 0.677. The number of halogens is 1. The second-order valence-corrected chi connectivity index (χ2v) is 7.56. The maximum atomic E-state index is 13.4. The van der Waals surface area contributed by atoms with Crippen LogP contribution in [0.15, 0.2) is 18.2 Å². The molecule has 1 saturated heterocycles. The number of benzene rings is 1. The van der Waals surface area contributed by atoms with Gasteiger partial charge in [0.1, 0.15) is 11.4 Å². The van der Waals surface area contributed by atoms with Gasteiger partial charge < -0.3 is 15.3 Å². The highest BCUT2D eigenvalue weighted by molar-refractivity contribution is 5.90. The molecule has 0 aromatic heterocycles. The van der Waals surface area contributed by atoms with Crippen LogP contribution < -0.4 is 10.6 Å². The Kier molecular flexibility index (Phi) is 4.44. The minimum Gasteiger partial charge on any atom is -0.361 e. The number of amides is 2. The van der Waals surface area contributed by atoms with Gasteiger partial charge in [-0.05, 0) is 61.3 Å². The van der Waals surface area contributed by atoms with Gasteiger partial charge in [0.15, 0.2) is 6.35 Å². The zero-order chi connectivity index (χ0) is 18.3. The normalized spacial score (nSPS) is 28.5. The summed E-state index contributed by atoms with van der Waals surface area (Å²) in [5.74, 6) is -0.260. The molecule has 4 rings (SSSR count).